The van der Waals surface area contributed by atoms with Crippen LogP contribution in [-0.2, 0) is 4.79 Å². The molecule has 1 fully saturated rings. The van der Waals surface area contributed by atoms with Crippen LogP contribution in [-0.4, -0.2) is 11.7 Å². The van der Waals surface area contributed by atoms with Crippen LogP contribution in [0.15, 0.2) is 66.2 Å². The average molecular weight is 347 g/mol. The number of anilines is 1. The first-order valence-corrected chi connectivity index (χ1v) is 8.96. The molecule has 0 saturated heterocycles. The van der Waals surface area contributed by atoms with Crippen molar-refractivity contribution >= 4 is 17.4 Å². The van der Waals surface area contributed by atoms with Gasteiger partial charge in [0.25, 0.3) is 0 Å². The van der Waals surface area contributed by atoms with Crippen LogP contribution in [0.25, 0.3) is 0 Å². The molecule has 134 valence electrons. The van der Waals surface area contributed by atoms with E-state index < -0.39 is 0 Å². The van der Waals surface area contributed by atoms with Crippen LogP contribution in [0.3, 0.4) is 0 Å². The number of carbonyl (C=O) groups is 2. The van der Waals surface area contributed by atoms with E-state index in [2.05, 4.69) is 39.1 Å². The number of benzene rings is 2. The van der Waals surface area contributed by atoms with Crippen LogP contribution in [0.4, 0.5) is 5.69 Å². The molecular formula is C23H25NO2. The van der Waals surface area contributed by atoms with Crippen LogP contribution >= 0.6 is 0 Å². The van der Waals surface area contributed by atoms with Crippen molar-refractivity contribution in [2.75, 3.05) is 5.32 Å². The van der Waals surface area contributed by atoms with E-state index in [1.165, 1.54) is 5.57 Å². The number of carbonyl (C=O) groups excluding carboxylic acids is 2. The molecule has 1 N–H and O–H groups in total. The van der Waals surface area contributed by atoms with Crippen molar-refractivity contribution in [1.29, 1.82) is 0 Å². The minimum absolute atomic E-state index is 0.00936. The molecule has 0 aliphatic heterocycles. The van der Waals surface area contributed by atoms with E-state index in [1.807, 2.05) is 18.2 Å². The number of allylic oxidation sites excluding steroid dienone is 2. The van der Waals surface area contributed by atoms with Crippen molar-refractivity contribution < 1.29 is 9.59 Å². The molecule has 1 amide bonds. The number of hydrogen-bond acceptors (Lipinski definition) is 2. The van der Waals surface area contributed by atoms with Gasteiger partial charge < -0.3 is 5.32 Å². The number of amides is 1. The Hall–Kier alpha value is -2.68. The van der Waals surface area contributed by atoms with Crippen LogP contribution < -0.4 is 5.32 Å². The summed E-state index contributed by atoms with van der Waals surface area (Å²) in [5, 5.41) is 2.99. The standard InChI is InChI=1S/C23H25NO2/c1-15(2)14-19-20(23(19,3)4)22(26)24-18-12-10-17(11-13-18)21(25)16-8-6-5-7-9-16/h5-14,19-20H,1-4H3,(H,24,26)/t19-,20-/m1/s1. The van der Waals surface area contributed by atoms with Gasteiger partial charge in [0, 0.05) is 16.8 Å². The zero-order valence-corrected chi connectivity index (χ0v) is 15.7. The topological polar surface area (TPSA) is 46.2 Å². The Morgan fingerprint density at radius 3 is 2.08 bits per heavy atom. The third-order valence-corrected chi connectivity index (χ3v) is 5.16. The summed E-state index contributed by atoms with van der Waals surface area (Å²) in [5.74, 6) is 0.296. The van der Waals surface area contributed by atoms with Crippen LogP contribution in [0.2, 0.25) is 0 Å². The van der Waals surface area contributed by atoms with E-state index in [-0.39, 0.29) is 28.9 Å². The first-order chi connectivity index (χ1) is 12.3. The Morgan fingerprint density at radius 2 is 1.50 bits per heavy atom. The van der Waals surface area contributed by atoms with E-state index in [1.54, 1.807) is 36.4 Å². The third-order valence-electron chi connectivity index (χ3n) is 5.16. The first kappa shape index (κ1) is 18.1. The lowest BCUT2D eigenvalue weighted by atomic mass is 10.0. The highest BCUT2D eigenvalue weighted by Crippen LogP contribution is 2.59. The first-order valence-electron chi connectivity index (χ1n) is 8.96. The minimum Gasteiger partial charge on any atom is -0.326 e. The molecule has 0 aromatic heterocycles. The normalized spacial score (nSPS) is 20.2. The third kappa shape index (κ3) is 3.62. The van der Waals surface area contributed by atoms with Gasteiger partial charge in [0.2, 0.25) is 5.91 Å². The van der Waals surface area contributed by atoms with Gasteiger partial charge in [-0.15, -0.1) is 0 Å². The van der Waals surface area contributed by atoms with Crippen molar-refractivity contribution in [3.8, 4) is 0 Å². The van der Waals surface area contributed by atoms with Gasteiger partial charge in [0.05, 0.1) is 5.92 Å². The maximum atomic E-state index is 12.6. The molecule has 2 aromatic rings. The fourth-order valence-electron chi connectivity index (χ4n) is 3.53. The Labute approximate surface area is 155 Å². The molecule has 1 aliphatic carbocycles. The van der Waals surface area contributed by atoms with Crippen molar-refractivity contribution in [3.05, 3.63) is 77.4 Å². The molecule has 2 aromatic carbocycles. The maximum Gasteiger partial charge on any atom is 0.228 e. The smallest absolute Gasteiger partial charge is 0.228 e. The lowest BCUT2D eigenvalue weighted by molar-refractivity contribution is -0.118. The van der Waals surface area contributed by atoms with E-state index in [4.69, 9.17) is 0 Å². The number of ketones is 1. The van der Waals surface area contributed by atoms with E-state index in [0.29, 0.717) is 11.1 Å². The van der Waals surface area contributed by atoms with E-state index in [9.17, 15) is 9.59 Å². The van der Waals surface area contributed by atoms with Crippen molar-refractivity contribution in [2.24, 2.45) is 17.3 Å². The Balaban J connectivity index is 1.68. The van der Waals surface area contributed by atoms with Crippen LogP contribution in [0.1, 0.15) is 43.6 Å². The predicted molar refractivity (Wildman–Crippen MR) is 105 cm³/mol. The fraction of sp³-hybridized carbons (Fsp3) is 0.304. The maximum absolute atomic E-state index is 12.6. The second kappa shape index (κ2) is 6.91. The quantitative estimate of drug-likeness (QED) is 0.604. The largest absolute Gasteiger partial charge is 0.326 e. The molecule has 3 nitrogen and oxygen atoms in total. The molecular weight excluding hydrogens is 322 g/mol. The summed E-state index contributed by atoms with van der Waals surface area (Å²) in [6, 6.07) is 16.3. The molecule has 2 atom stereocenters. The molecule has 0 bridgehead atoms. The molecule has 1 aliphatic rings. The zero-order chi connectivity index (χ0) is 18.9. The highest BCUT2D eigenvalue weighted by molar-refractivity contribution is 6.09. The SMILES string of the molecule is CC(C)=C[C@@H]1[C@H](C(=O)Nc2ccc(C(=O)c3ccccc3)cc2)C1(C)C. The summed E-state index contributed by atoms with van der Waals surface area (Å²) in [4.78, 5) is 25.1. The molecule has 3 heteroatoms. The summed E-state index contributed by atoms with van der Waals surface area (Å²) in [7, 11) is 0. The van der Waals surface area contributed by atoms with Crippen molar-refractivity contribution in [3.63, 3.8) is 0 Å². The Kier molecular flexibility index (Phi) is 4.82. The van der Waals surface area contributed by atoms with E-state index >= 15 is 0 Å². The summed E-state index contributed by atoms with van der Waals surface area (Å²) in [6.45, 7) is 8.38. The average Bonchev–Trinajstić information content (AvgIpc) is 3.15. The monoisotopic (exact) mass is 347 g/mol. The molecule has 0 spiro atoms. The number of nitrogens with one attached hydrogen (secondary N) is 1. The van der Waals surface area contributed by atoms with Crippen molar-refractivity contribution in [1.82, 2.24) is 0 Å². The summed E-state index contributed by atoms with van der Waals surface area (Å²) in [6.07, 6.45) is 2.19. The summed E-state index contributed by atoms with van der Waals surface area (Å²) < 4.78 is 0. The molecule has 26 heavy (non-hydrogen) atoms. The van der Waals surface area contributed by atoms with Crippen molar-refractivity contribution in [2.45, 2.75) is 27.7 Å². The second-order valence-electron chi connectivity index (χ2n) is 7.83. The van der Waals surface area contributed by atoms with Crippen LogP contribution in [0.5, 0.6) is 0 Å². The lowest BCUT2D eigenvalue weighted by Crippen LogP contribution is -2.17. The van der Waals surface area contributed by atoms with Gasteiger partial charge in [-0.05, 0) is 49.4 Å². The van der Waals surface area contributed by atoms with E-state index in [0.717, 1.165) is 5.69 Å². The van der Waals surface area contributed by atoms with Gasteiger partial charge >= 0.3 is 0 Å². The molecule has 3 rings (SSSR count). The van der Waals surface area contributed by atoms with Gasteiger partial charge in [-0.25, -0.2) is 0 Å². The second-order valence-corrected chi connectivity index (χ2v) is 7.83. The van der Waals surface area contributed by atoms with Gasteiger partial charge in [0.15, 0.2) is 5.78 Å². The Morgan fingerprint density at radius 1 is 0.923 bits per heavy atom. The Bertz CT molecular complexity index is 844. The number of rotatable bonds is 5. The highest BCUT2D eigenvalue weighted by Gasteiger charge is 2.60. The highest BCUT2D eigenvalue weighted by atomic mass is 16.2. The lowest BCUT2D eigenvalue weighted by Gasteiger charge is -2.07. The molecule has 0 radical (unpaired) electrons. The molecule has 0 heterocycles. The van der Waals surface area contributed by atoms with Gasteiger partial charge in [-0.1, -0.05) is 55.8 Å². The molecule has 0 unspecified atom stereocenters. The zero-order valence-electron chi connectivity index (χ0n) is 15.7. The molecule has 1 saturated carbocycles. The van der Waals surface area contributed by atoms with Gasteiger partial charge in [0.1, 0.15) is 0 Å². The van der Waals surface area contributed by atoms with Gasteiger partial charge in [-0.3, -0.25) is 9.59 Å². The van der Waals surface area contributed by atoms with Crippen LogP contribution in [0, 0.1) is 17.3 Å². The minimum atomic E-state index is -0.0181. The number of hydrogen-bond donors (Lipinski definition) is 1. The summed E-state index contributed by atoms with van der Waals surface area (Å²) >= 11 is 0. The predicted octanol–water partition coefficient (Wildman–Crippen LogP) is 5.09. The fourth-order valence-corrected chi connectivity index (χ4v) is 3.53. The summed E-state index contributed by atoms with van der Waals surface area (Å²) in [5.41, 5.74) is 3.22. The van der Waals surface area contributed by atoms with Gasteiger partial charge in [-0.2, -0.15) is 0 Å².